The number of rotatable bonds is 7. The second-order valence-electron chi connectivity index (χ2n) is 9.41. The molecule has 0 atom stereocenters. The number of aromatic carboxylic acids is 1. The highest BCUT2D eigenvalue weighted by Gasteiger charge is 2.26. The first kappa shape index (κ1) is 25.5. The summed E-state index contributed by atoms with van der Waals surface area (Å²) in [4.78, 5) is 44.9. The third kappa shape index (κ3) is 5.69. The molecule has 0 saturated heterocycles. The van der Waals surface area contributed by atoms with Crippen molar-refractivity contribution in [2.45, 2.75) is 53.2 Å². The maximum Gasteiger partial charge on any atom is 0.337 e. The van der Waals surface area contributed by atoms with E-state index in [1.165, 1.54) is 6.92 Å². The summed E-state index contributed by atoms with van der Waals surface area (Å²) in [7, 11) is 0. The summed E-state index contributed by atoms with van der Waals surface area (Å²) in [6.45, 7) is 9.59. The second kappa shape index (κ2) is 10.0. The Hall–Kier alpha value is -4.12. The van der Waals surface area contributed by atoms with Crippen LogP contribution in [0.2, 0.25) is 0 Å². The number of H-pyrrole nitrogens is 1. The van der Waals surface area contributed by atoms with E-state index in [0.717, 1.165) is 16.7 Å². The van der Waals surface area contributed by atoms with Gasteiger partial charge in [0.1, 0.15) is 12.4 Å². The second-order valence-corrected chi connectivity index (χ2v) is 9.41. The van der Waals surface area contributed by atoms with Crippen molar-refractivity contribution >= 4 is 28.5 Å². The molecule has 1 heterocycles. The monoisotopic (exact) mass is 475 g/mol. The third-order valence-corrected chi connectivity index (χ3v) is 5.66. The fourth-order valence-electron chi connectivity index (χ4n) is 3.98. The van der Waals surface area contributed by atoms with Gasteiger partial charge in [-0.3, -0.25) is 9.59 Å². The number of carbonyl (C=O) groups is 2. The number of carboxylic acids is 1. The molecule has 3 rings (SSSR count). The molecule has 2 N–H and O–H groups in total. The lowest BCUT2D eigenvalue weighted by Crippen LogP contribution is -2.29. The number of hydrogen-bond donors (Lipinski definition) is 2. The van der Waals surface area contributed by atoms with Gasteiger partial charge in [0.05, 0.1) is 28.7 Å². The predicted octanol–water partition coefficient (Wildman–Crippen LogP) is 3.93. The van der Waals surface area contributed by atoms with Crippen LogP contribution in [0.1, 0.15) is 60.6 Å². The maximum absolute atomic E-state index is 12.8. The summed E-state index contributed by atoms with van der Waals surface area (Å²) < 4.78 is 4.94. The van der Waals surface area contributed by atoms with Crippen molar-refractivity contribution in [1.82, 2.24) is 9.97 Å². The van der Waals surface area contributed by atoms with Gasteiger partial charge in [0.25, 0.3) is 5.56 Å². The first-order chi connectivity index (χ1) is 16.4. The molecule has 8 nitrogen and oxygen atoms in total. The average Bonchev–Trinajstić information content (AvgIpc) is 2.77. The van der Waals surface area contributed by atoms with Crippen molar-refractivity contribution in [3.8, 4) is 12.3 Å². The summed E-state index contributed by atoms with van der Waals surface area (Å²) >= 11 is 0. The molecule has 3 aromatic rings. The van der Waals surface area contributed by atoms with Gasteiger partial charge in [-0.1, -0.05) is 38.8 Å². The zero-order valence-corrected chi connectivity index (χ0v) is 20.6. The lowest BCUT2D eigenvalue weighted by Gasteiger charge is -2.32. The zero-order valence-electron chi connectivity index (χ0n) is 20.6. The molecule has 1 aromatic heterocycles. The minimum absolute atomic E-state index is 0.126. The van der Waals surface area contributed by atoms with Crippen molar-refractivity contribution in [3.05, 3.63) is 68.8 Å². The van der Waals surface area contributed by atoms with Crippen LogP contribution in [0.4, 0.5) is 5.69 Å². The maximum atomic E-state index is 12.8. The predicted molar refractivity (Wildman–Crippen MR) is 135 cm³/mol. The minimum atomic E-state index is -1.04. The summed E-state index contributed by atoms with van der Waals surface area (Å²) in [6, 6.07) is 8.76. The largest absolute Gasteiger partial charge is 0.478 e. The van der Waals surface area contributed by atoms with Gasteiger partial charge in [-0.15, -0.1) is 6.42 Å². The van der Waals surface area contributed by atoms with Crippen molar-refractivity contribution in [1.29, 1.82) is 0 Å². The fourth-order valence-corrected chi connectivity index (χ4v) is 3.98. The van der Waals surface area contributed by atoms with Crippen molar-refractivity contribution in [3.63, 3.8) is 0 Å². The molecule has 0 aliphatic carbocycles. The number of terminal acetylenes is 1. The number of hydrogen-bond acceptors (Lipinski definition) is 6. The van der Waals surface area contributed by atoms with E-state index in [0.29, 0.717) is 23.1 Å². The lowest BCUT2D eigenvalue weighted by atomic mass is 9.84. The number of anilines is 1. The number of aromatic amines is 1. The smallest absolute Gasteiger partial charge is 0.337 e. The van der Waals surface area contributed by atoms with E-state index in [-0.39, 0.29) is 35.5 Å². The fraction of sp³-hybridized carbons (Fsp3) is 0.333. The van der Waals surface area contributed by atoms with E-state index < -0.39 is 11.9 Å². The highest BCUT2D eigenvalue weighted by atomic mass is 16.5. The Morgan fingerprint density at radius 2 is 1.97 bits per heavy atom. The van der Waals surface area contributed by atoms with Crippen LogP contribution in [0.3, 0.4) is 0 Å². The number of aromatic nitrogens is 2. The Labute approximate surface area is 204 Å². The summed E-state index contributed by atoms with van der Waals surface area (Å²) in [5, 5.41) is 10.3. The number of aryl methyl sites for hydroxylation is 1. The van der Waals surface area contributed by atoms with Crippen LogP contribution >= 0.6 is 0 Å². The molecular weight excluding hydrogens is 446 g/mol. The van der Waals surface area contributed by atoms with E-state index in [4.69, 9.17) is 11.2 Å². The van der Waals surface area contributed by atoms with Crippen LogP contribution in [-0.2, 0) is 28.1 Å². The number of esters is 1. The van der Waals surface area contributed by atoms with Crippen LogP contribution in [0, 0.1) is 19.3 Å². The molecule has 8 heteroatoms. The molecule has 0 unspecified atom stereocenters. The number of ether oxygens (including phenoxy) is 1. The van der Waals surface area contributed by atoms with Crippen LogP contribution in [0.5, 0.6) is 0 Å². The lowest BCUT2D eigenvalue weighted by molar-refractivity contribution is -0.142. The minimum Gasteiger partial charge on any atom is -0.478 e. The Morgan fingerprint density at radius 3 is 2.57 bits per heavy atom. The number of carbonyl (C=O) groups excluding carboxylic acids is 1. The molecule has 0 aliphatic rings. The van der Waals surface area contributed by atoms with E-state index in [2.05, 4.69) is 15.9 Å². The van der Waals surface area contributed by atoms with E-state index in [1.807, 2.05) is 38.7 Å². The zero-order chi connectivity index (χ0) is 25.9. The van der Waals surface area contributed by atoms with E-state index in [9.17, 15) is 19.5 Å². The quantitative estimate of drug-likeness (QED) is 0.393. The summed E-state index contributed by atoms with van der Waals surface area (Å²) in [5.74, 6) is 1.39. The number of nitrogens with one attached hydrogen (secondary N) is 1. The van der Waals surface area contributed by atoms with Gasteiger partial charge in [0, 0.05) is 13.5 Å². The Morgan fingerprint density at radius 1 is 1.26 bits per heavy atom. The van der Waals surface area contributed by atoms with Gasteiger partial charge in [-0.05, 0) is 47.2 Å². The number of para-hydroxylation sites is 1. The van der Waals surface area contributed by atoms with E-state index in [1.54, 1.807) is 24.3 Å². The molecule has 0 radical (unpaired) electrons. The highest BCUT2D eigenvalue weighted by Crippen LogP contribution is 2.36. The van der Waals surface area contributed by atoms with Gasteiger partial charge < -0.3 is 19.7 Å². The standard InChI is InChI=1S/C27H29N3O5/c1-7-11-30(24-19(26(33)34)9-8-10-21(24)27(4,5)6)14-18-13-20-22(12-16(18)2)28-23(29-25(20)32)15-35-17(3)31/h1,8-10,12-13H,11,14-15H2,2-6H3,(H,33,34)(H,28,29,32). The summed E-state index contributed by atoms with van der Waals surface area (Å²) in [6.07, 6.45) is 5.68. The van der Waals surface area contributed by atoms with Crippen LogP contribution in [0.15, 0.2) is 35.1 Å². The Kier molecular flexibility index (Phi) is 7.30. The van der Waals surface area contributed by atoms with Crippen LogP contribution in [-0.4, -0.2) is 33.6 Å². The Bertz CT molecular complexity index is 1390. The molecule has 0 spiro atoms. The molecule has 182 valence electrons. The molecule has 0 saturated carbocycles. The van der Waals surface area contributed by atoms with E-state index >= 15 is 0 Å². The molecular formula is C27H29N3O5. The normalized spacial score (nSPS) is 11.2. The van der Waals surface area contributed by atoms with Gasteiger partial charge in [-0.2, -0.15) is 0 Å². The van der Waals surface area contributed by atoms with Crippen LogP contribution in [0.25, 0.3) is 10.9 Å². The third-order valence-electron chi connectivity index (χ3n) is 5.66. The molecule has 0 bridgehead atoms. The number of fused-ring (bicyclic) bond motifs is 1. The number of carboxylic acid groups (broad SMARTS) is 1. The van der Waals surface area contributed by atoms with Gasteiger partial charge in [0.2, 0.25) is 0 Å². The first-order valence-electron chi connectivity index (χ1n) is 11.1. The van der Waals surface area contributed by atoms with Gasteiger partial charge in [-0.25, -0.2) is 9.78 Å². The average molecular weight is 476 g/mol. The molecule has 0 aliphatic heterocycles. The van der Waals surface area contributed by atoms with Crippen molar-refractivity contribution < 1.29 is 19.4 Å². The molecule has 2 aromatic carbocycles. The highest BCUT2D eigenvalue weighted by molar-refractivity contribution is 5.96. The summed E-state index contributed by atoms with van der Waals surface area (Å²) in [5.41, 5.74) is 3.06. The SMILES string of the molecule is C#CCN(Cc1cc2c(=O)[nH]c(COC(C)=O)nc2cc1C)c1c(C(=O)O)cccc1C(C)(C)C. The van der Waals surface area contributed by atoms with Gasteiger partial charge in [0.15, 0.2) is 0 Å². The molecule has 0 fully saturated rings. The van der Waals surface area contributed by atoms with Crippen molar-refractivity contribution in [2.75, 3.05) is 11.4 Å². The van der Waals surface area contributed by atoms with Gasteiger partial charge >= 0.3 is 11.9 Å². The van der Waals surface area contributed by atoms with Crippen molar-refractivity contribution in [2.24, 2.45) is 0 Å². The van der Waals surface area contributed by atoms with Crippen LogP contribution < -0.4 is 10.5 Å². The number of benzene rings is 2. The number of nitrogens with zero attached hydrogens (tertiary/aromatic N) is 2. The molecule has 35 heavy (non-hydrogen) atoms. The first-order valence-corrected chi connectivity index (χ1v) is 11.1. The topological polar surface area (TPSA) is 113 Å². The molecule has 0 amide bonds. The Balaban J connectivity index is 2.12.